The summed E-state index contributed by atoms with van der Waals surface area (Å²) in [6, 6.07) is 4.25. The standard InChI is InChI=1S/C15H26OS/c1-5-6-7-8-9-12(16)13-10-11-14(17-13)15(2,3)4/h10-12,16H,5-9H2,1-4H3. The van der Waals surface area contributed by atoms with Crippen molar-refractivity contribution < 1.29 is 5.11 Å². The molecule has 0 spiro atoms. The van der Waals surface area contributed by atoms with Crippen molar-refractivity contribution in [2.45, 2.75) is 71.3 Å². The van der Waals surface area contributed by atoms with Crippen LogP contribution >= 0.6 is 11.3 Å². The Bertz CT molecular complexity index is 322. The molecular weight excluding hydrogens is 228 g/mol. The first-order valence-corrected chi connectivity index (χ1v) is 7.55. The molecule has 0 saturated carbocycles. The smallest absolute Gasteiger partial charge is 0.0882 e. The highest BCUT2D eigenvalue weighted by Crippen LogP contribution is 2.33. The normalized spacial score (nSPS) is 13.9. The van der Waals surface area contributed by atoms with E-state index in [4.69, 9.17) is 0 Å². The zero-order valence-corrected chi connectivity index (χ0v) is 12.4. The van der Waals surface area contributed by atoms with Gasteiger partial charge in [0.1, 0.15) is 0 Å². The minimum atomic E-state index is -0.257. The van der Waals surface area contributed by atoms with Crippen LogP contribution in [0.15, 0.2) is 12.1 Å². The third kappa shape index (κ3) is 4.81. The number of unbranched alkanes of at least 4 members (excludes halogenated alkanes) is 3. The highest BCUT2D eigenvalue weighted by Gasteiger charge is 2.18. The van der Waals surface area contributed by atoms with E-state index in [-0.39, 0.29) is 11.5 Å². The van der Waals surface area contributed by atoms with Gasteiger partial charge in [-0.1, -0.05) is 53.4 Å². The van der Waals surface area contributed by atoms with E-state index >= 15 is 0 Å². The third-order valence-electron chi connectivity index (χ3n) is 3.03. The lowest BCUT2D eigenvalue weighted by Gasteiger charge is -2.15. The van der Waals surface area contributed by atoms with Gasteiger partial charge in [0.25, 0.3) is 0 Å². The molecule has 0 radical (unpaired) electrons. The number of hydrogen-bond donors (Lipinski definition) is 1. The second kappa shape index (κ2) is 6.55. The Kier molecular flexibility index (Phi) is 5.68. The molecular formula is C15H26OS. The van der Waals surface area contributed by atoms with Crippen LogP contribution in [0.25, 0.3) is 0 Å². The third-order valence-corrected chi connectivity index (χ3v) is 4.64. The molecule has 0 aliphatic heterocycles. The minimum absolute atomic E-state index is 0.199. The molecule has 0 aromatic carbocycles. The van der Waals surface area contributed by atoms with Gasteiger partial charge in [0, 0.05) is 9.75 Å². The molecule has 0 aliphatic carbocycles. The van der Waals surface area contributed by atoms with Gasteiger partial charge >= 0.3 is 0 Å². The maximum absolute atomic E-state index is 10.1. The van der Waals surface area contributed by atoms with Crippen LogP contribution in [0.4, 0.5) is 0 Å². The lowest BCUT2D eigenvalue weighted by Crippen LogP contribution is -2.07. The second-order valence-electron chi connectivity index (χ2n) is 5.82. The average Bonchev–Trinajstić information content (AvgIpc) is 2.72. The lowest BCUT2D eigenvalue weighted by molar-refractivity contribution is 0.167. The van der Waals surface area contributed by atoms with E-state index in [1.807, 2.05) is 0 Å². The fourth-order valence-electron chi connectivity index (χ4n) is 1.84. The highest BCUT2D eigenvalue weighted by molar-refractivity contribution is 7.12. The molecule has 0 amide bonds. The maximum Gasteiger partial charge on any atom is 0.0882 e. The Morgan fingerprint density at radius 3 is 2.41 bits per heavy atom. The molecule has 0 fully saturated rings. The average molecular weight is 254 g/mol. The molecule has 0 aliphatic rings. The molecule has 98 valence electrons. The summed E-state index contributed by atoms with van der Waals surface area (Å²) in [5.41, 5.74) is 0.199. The van der Waals surface area contributed by atoms with Crippen molar-refractivity contribution in [3.63, 3.8) is 0 Å². The largest absolute Gasteiger partial charge is 0.388 e. The van der Waals surface area contributed by atoms with Crippen LogP contribution in [0.1, 0.15) is 75.7 Å². The van der Waals surface area contributed by atoms with E-state index in [1.54, 1.807) is 11.3 Å². The quantitative estimate of drug-likeness (QED) is 0.704. The Morgan fingerprint density at radius 1 is 1.18 bits per heavy atom. The Morgan fingerprint density at radius 2 is 1.88 bits per heavy atom. The fourth-order valence-corrected chi connectivity index (χ4v) is 2.93. The summed E-state index contributed by atoms with van der Waals surface area (Å²) in [4.78, 5) is 2.49. The SMILES string of the molecule is CCCCCCC(O)c1ccc(C(C)(C)C)s1. The van der Waals surface area contributed by atoms with Gasteiger partial charge in [0.15, 0.2) is 0 Å². The van der Waals surface area contributed by atoms with Crippen LogP contribution in [0.3, 0.4) is 0 Å². The zero-order valence-electron chi connectivity index (χ0n) is 11.6. The van der Waals surface area contributed by atoms with Crippen molar-refractivity contribution in [3.05, 3.63) is 21.9 Å². The van der Waals surface area contributed by atoms with E-state index in [0.29, 0.717) is 0 Å². The molecule has 0 bridgehead atoms. The molecule has 1 heterocycles. The van der Waals surface area contributed by atoms with Crippen LogP contribution in [0, 0.1) is 0 Å². The van der Waals surface area contributed by atoms with Gasteiger partial charge in [-0.05, 0) is 24.0 Å². The fraction of sp³-hybridized carbons (Fsp3) is 0.733. The predicted molar refractivity (Wildman–Crippen MR) is 76.7 cm³/mol. The molecule has 1 unspecified atom stereocenters. The minimum Gasteiger partial charge on any atom is -0.388 e. The van der Waals surface area contributed by atoms with Crippen LogP contribution in [0.5, 0.6) is 0 Å². The number of aliphatic hydroxyl groups excluding tert-OH is 1. The van der Waals surface area contributed by atoms with Crippen molar-refractivity contribution >= 4 is 11.3 Å². The molecule has 1 aromatic rings. The van der Waals surface area contributed by atoms with Gasteiger partial charge in [-0.3, -0.25) is 0 Å². The highest BCUT2D eigenvalue weighted by atomic mass is 32.1. The van der Waals surface area contributed by atoms with Gasteiger partial charge in [-0.2, -0.15) is 0 Å². The predicted octanol–water partition coefficient (Wildman–Crippen LogP) is 5.05. The Balaban J connectivity index is 2.47. The first kappa shape index (κ1) is 14.7. The topological polar surface area (TPSA) is 20.2 Å². The zero-order chi connectivity index (χ0) is 12.9. The number of thiophene rings is 1. The molecule has 1 atom stereocenters. The van der Waals surface area contributed by atoms with Crippen LogP contribution in [0.2, 0.25) is 0 Å². The van der Waals surface area contributed by atoms with Crippen molar-refractivity contribution in [1.82, 2.24) is 0 Å². The summed E-state index contributed by atoms with van der Waals surface area (Å²) in [6.07, 6.45) is 5.56. The summed E-state index contributed by atoms with van der Waals surface area (Å²) in [7, 11) is 0. The summed E-state index contributed by atoms with van der Waals surface area (Å²) >= 11 is 1.76. The summed E-state index contributed by atoms with van der Waals surface area (Å²) in [5.74, 6) is 0. The van der Waals surface area contributed by atoms with Gasteiger partial charge in [0.05, 0.1) is 6.10 Å². The molecule has 1 nitrogen and oxygen atoms in total. The van der Waals surface area contributed by atoms with E-state index in [2.05, 4.69) is 39.8 Å². The summed E-state index contributed by atoms with van der Waals surface area (Å²) in [5, 5.41) is 10.1. The Hall–Kier alpha value is -0.340. The van der Waals surface area contributed by atoms with Gasteiger partial charge < -0.3 is 5.11 Å². The van der Waals surface area contributed by atoms with Crippen LogP contribution in [-0.2, 0) is 5.41 Å². The van der Waals surface area contributed by atoms with Crippen LogP contribution < -0.4 is 0 Å². The van der Waals surface area contributed by atoms with Crippen LogP contribution in [-0.4, -0.2) is 5.11 Å². The van der Waals surface area contributed by atoms with Crippen molar-refractivity contribution in [2.24, 2.45) is 0 Å². The number of aliphatic hydroxyl groups is 1. The molecule has 1 aromatic heterocycles. The van der Waals surface area contributed by atoms with Crippen molar-refractivity contribution in [2.75, 3.05) is 0 Å². The van der Waals surface area contributed by atoms with E-state index in [9.17, 15) is 5.11 Å². The van der Waals surface area contributed by atoms with E-state index in [0.717, 1.165) is 17.7 Å². The number of rotatable bonds is 6. The Labute approximate surface area is 110 Å². The number of hydrogen-bond acceptors (Lipinski definition) is 2. The van der Waals surface area contributed by atoms with E-state index < -0.39 is 0 Å². The monoisotopic (exact) mass is 254 g/mol. The van der Waals surface area contributed by atoms with Crippen molar-refractivity contribution in [3.8, 4) is 0 Å². The lowest BCUT2D eigenvalue weighted by atomic mass is 9.95. The van der Waals surface area contributed by atoms with Gasteiger partial charge in [-0.15, -0.1) is 11.3 Å². The van der Waals surface area contributed by atoms with E-state index in [1.165, 1.54) is 24.1 Å². The summed E-state index contributed by atoms with van der Waals surface area (Å²) < 4.78 is 0. The molecule has 0 saturated heterocycles. The molecule has 2 heteroatoms. The molecule has 17 heavy (non-hydrogen) atoms. The first-order valence-electron chi connectivity index (χ1n) is 6.73. The molecule has 1 N–H and O–H groups in total. The second-order valence-corrected chi connectivity index (χ2v) is 6.93. The first-order chi connectivity index (χ1) is 7.95. The summed E-state index contributed by atoms with van der Waals surface area (Å²) in [6.45, 7) is 8.87. The maximum atomic E-state index is 10.1. The van der Waals surface area contributed by atoms with Crippen molar-refractivity contribution in [1.29, 1.82) is 0 Å². The molecule has 1 rings (SSSR count). The van der Waals surface area contributed by atoms with Gasteiger partial charge in [0.2, 0.25) is 0 Å². The van der Waals surface area contributed by atoms with Gasteiger partial charge in [-0.25, -0.2) is 0 Å².